The summed E-state index contributed by atoms with van der Waals surface area (Å²) in [5, 5.41) is 3.50. The predicted molar refractivity (Wildman–Crippen MR) is 144 cm³/mol. The minimum Gasteiger partial charge on any atom is -0.484 e. The number of halogens is 1. The number of aromatic amines is 1. The molecule has 1 aromatic heterocycles. The molecule has 0 unspecified atom stereocenters. The van der Waals surface area contributed by atoms with Gasteiger partial charge in [0.1, 0.15) is 17.3 Å². The van der Waals surface area contributed by atoms with E-state index in [0.717, 1.165) is 23.9 Å². The number of rotatable bonds is 7. The lowest BCUT2D eigenvalue weighted by atomic mass is 9.89. The summed E-state index contributed by atoms with van der Waals surface area (Å²) < 4.78 is 23.6. The van der Waals surface area contributed by atoms with Crippen molar-refractivity contribution >= 4 is 34.4 Å². The second kappa shape index (κ2) is 11.4. The summed E-state index contributed by atoms with van der Waals surface area (Å²) in [4.78, 5) is 41.7. The van der Waals surface area contributed by atoms with Gasteiger partial charge in [-0.1, -0.05) is 12.1 Å². The number of carbonyl (C=O) groups is 3. The zero-order valence-corrected chi connectivity index (χ0v) is 21.4. The molecule has 2 heterocycles. The number of nitrogens with zero attached hydrogens (tertiary/aromatic N) is 1. The van der Waals surface area contributed by atoms with Crippen LogP contribution >= 0.6 is 0 Å². The van der Waals surface area contributed by atoms with E-state index in [1.165, 1.54) is 19.2 Å². The number of benzene rings is 3. The van der Waals surface area contributed by atoms with Gasteiger partial charge in [0.2, 0.25) is 0 Å². The summed E-state index contributed by atoms with van der Waals surface area (Å²) in [5.41, 5.74) is 3.43. The number of piperidine rings is 1. The molecule has 8 nitrogen and oxygen atoms in total. The van der Waals surface area contributed by atoms with Crippen molar-refractivity contribution in [2.24, 2.45) is 0 Å². The second-order valence-corrected chi connectivity index (χ2v) is 9.46. The van der Waals surface area contributed by atoms with Crippen LogP contribution in [0.2, 0.25) is 0 Å². The van der Waals surface area contributed by atoms with Gasteiger partial charge in [-0.3, -0.25) is 9.59 Å². The van der Waals surface area contributed by atoms with Crippen molar-refractivity contribution in [3.8, 4) is 5.75 Å². The number of amides is 2. The average Bonchev–Trinajstić information content (AvgIpc) is 3.39. The van der Waals surface area contributed by atoms with Crippen LogP contribution in [0, 0.1) is 5.82 Å². The van der Waals surface area contributed by atoms with Gasteiger partial charge in [0, 0.05) is 29.7 Å². The van der Waals surface area contributed by atoms with Crippen molar-refractivity contribution in [1.29, 1.82) is 0 Å². The van der Waals surface area contributed by atoms with Crippen LogP contribution in [-0.4, -0.2) is 54.5 Å². The molecule has 1 aliphatic rings. The van der Waals surface area contributed by atoms with Crippen LogP contribution in [0.15, 0.2) is 72.8 Å². The van der Waals surface area contributed by atoms with E-state index < -0.39 is 5.97 Å². The maximum atomic E-state index is 13.5. The van der Waals surface area contributed by atoms with Crippen LogP contribution in [0.5, 0.6) is 5.75 Å². The van der Waals surface area contributed by atoms with Crippen LogP contribution in [0.3, 0.4) is 0 Å². The third-order valence-electron chi connectivity index (χ3n) is 6.91. The molecule has 0 spiro atoms. The highest BCUT2D eigenvalue weighted by atomic mass is 19.1. The fourth-order valence-electron chi connectivity index (χ4n) is 4.79. The number of ether oxygens (including phenoxy) is 2. The first-order valence-corrected chi connectivity index (χ1v) is 12.7. The van der Waals surface area contributed by atoms with E-state index in [9.17, 15) is 18.8 Å². The van der Waals surface area contributed by atoms with Gasteiger partial charge in [0.15, 0.2) is 6.61 Å². The highest BCUT2D eigenvalue weighted by Gasteiger charge is 2.25. The van der Waals surface area contributed by atoms with Gasteiger partial charge in [-0.05, 0) is 85.0 Å². The van der Waals surface area contributed by atoms with Crippen molar-refractivity contribution in [1.82, 2.24) is 9.88 Å². The molecule has 0 aliphatic carbocycles. The highest BCUT2D eigenvalue weighted by Crippen LogP contribution is 2.30. The van der Waals surface area contributed by atoms with E-state index in [0.29, 0.717) is 47.1 Å². The molecule has 3 aromatic carbocycles. The highest BCUT2D eigenvalue weighted by molar-refractivity contribution is 5.98. The van der Waals surface area contributed by atoms with Gasteiger partial charge in [-0.25, -0.2) is 9.18 Å². The van der Waals surface area contributed by atoms with E-state index in [-0.39, 0.29) is 24.2 Å². The lowest BCUT2D eigenvalue weighted by molar-refractivity contribution is -0.118. The van der Waals surface area contributed by atoms with E-state index in [1.807, 2.05) is 29.2 Å². The molecule has 1 aliphatic heterocycles. The van der Waals surface area contributed by atoms with Gasteiger partial charge in [-0.2, -0.15) is 0 Å². The number of methoxy groups -OCH3 is 1. The molecule has 0 atom stereocenters. The monoisotopic (exact) mass is 529 g/mol. The van der Waals surface area contributed by atoms with Gasteiger partial charge < -0.3 is 24.7 Å². The predicted octanol–water partition coefficient (Wildman–Crippen LogP) is 5.13. The van der Waals surface area contributed by atoms with Crippen molar-refractivity contribution < 1.29 is 28.2 Å². The first kappa shape index (κ1) is 26.0. The minimum atomic E-state index is -0.439. The standard InChI is InChI=1S/C30H28FN3O5/c1-38-30(37)21-4-9-25(10-5-21)39-18-28(35)32-24-7-2-19(3-8-24)20-12-14-34(15-13-20)29(36)27-17-22-16-23(31)6-11-26(22)33-27/h2-11,16-17,20,33H,12-15,18H2,1H3,(H,32,35). The van der Waals surface area contributed by atoms with Crippen molar-refractivity contribution in [2.75, 3.05) is 32.1 Å². The van der Waals surface area contributed by atoms with Gasteiger partial charge in [0.05, 0.1) is 12.7 Å². The summed E-state index contributed by atoms with van der Waals surface area (Å²) in [5.74, 6) is -0.366. The first-order valence-electron chi connectivity index (χ1n) is 12.7. The average molecular weight is 530 g/mol. The number of esters is 1. The number of carbonyl (C=O) groups excluding carboxylic acids is 3. The molecule has 200 valence electrons. The summed E-state index contributed by atoms with van der Waals surface area (Å²) in [7, 11) is 1.31. The Bertz CT molecular complexity index is 1490. The van der Waals surface area contributed by atoms with Crippen molar-refractivity contribution in [3.63, 3.8) is 0 Å². The van der Waals surface area contributed by atoms with E-state index in [1.54, 1.807) is 36.4 Å². The number of aromatic nitrogens is 1. The Balaban J connectivity index is 1.09. The minimum absolute atomic E-state index is 0.0789. The summed E-state index contributed by atoms with van der Waals surface area (Å²) in [6.45, 7) is 1.09. The first-order chi connectivity index (χ1) is 18.9. The Morgan fingerprint density at radius 2 is 1.69 bits per heavy atom. The normalized spacial score (nSPS) is 13.7. The van der Waals surface area contributed by atoms with Gasteiger partial charge in [0.25, 0.3) is 11.8 Å². The number of H-pyrrole nitrogens is 1. The fourth-order valence-corrected chi connectivity index (χ4v) is 4.79. The van der Waals surface area contributed by atoms with Crippen molar-refractivity contribution in [3.05, 3.63) is 95.4 Å². The SMILES string of the molecule is COC(=O)c1ccc(OCC(=O)Nc2ccc(C3CCN(C(=O)c4cc5cc(F)ccc5[nH]4)CC3)cc2)cc1. The third kappa shape index (κ3) is 6.09. The summed E-state index contributed by atoms with van der Waals surface area (Å²) >= 11 is 0. The molecule has 2 amide bonds. The van der Waals surface area contributed by atoms with E-state index in [4.69, 9.17) is 4.74 Å². The Kier molecular flexibility index (Phi) is 7.58. The Hall–Kier alpha value is -4.66. The molecular weight excluding hydrogens is 501 g/mol. The molecule has 1 saturated heterocycles. The maximum Gasteiger partial charge on any atom is 0.337 e. The fraction of sp³-hybridized carbons (Fsp3) is 0.233. The summed E-state index contributed by atoms with van der Waals surface area (Å²) in [6, 6.07) is 20.2. The lowest BCUT2D eigenvalue weighted by Gasteiger charge is -2.32. The van der Waals surface area contributed by atoms with Crippen LogP contribution < -0.4 is 10.1 Å². The lowest BCUT2D eigenvalue weighted by Crippen LogP contribution is -2.38. The number of anilines is 1. The van der Waals surface area contributed by atoms with Crippen LogP contribution in [0.4, 0.5) is 10.1 Å². The van der Waals surface area contributed by atoms with E-state index in [2.05, 4.69) is 15.0 Å². The molecule has 4 aromatic rings. The topological polar surface area (TPSA) is 101 Å². The van der Waals surface area contributed by atoms with Crippen molar-refractivity contribution in [2.45, 2.75) is 18.8 Å². The molecule has 5 rings (SSSR count). The van der Waals surface area contributed by atoms with Gasteiger partial charge in [-0.15, -0.1) is 0 Å². The molecule has 39 heavy (non-hydrogen) atoms. The number of fused-ring (bicyclic) bond motifs is 1. The largest absolute Gasteiger partial charge is 0.484 e. The van der Waals surface area contributed by atoms with Crippen LogP contribution in [0.25, 0.3) is 10.9 Å². The Labute approximate surface area is 224 Å². The molecule has 2 N–H and O–H groups in total. The number of nitrogens with one attached hydrogen (secondary N) is 2. The Morgan fingerprint density at radius 3 is 2.38 bits per heavy atom. The Morgan fingerprint density at radius 1 is 0.974 bits per heavy atom. The quantitative estimate of drug-likeness (QED) is 0.323. The number of likely N-dealkylation sites (tertiary alicyclic amines) is 1. The maximum absolute atomic E-state index is 13.5. The zero-order valence-electron chi connectivity index (χ0n) is 21.4. The molecular formula is C30H28FN3O5. The zero-order chi connectivity index (χ0) is 27.4. The van der Waals surface area contributed by atoms with Crippen LogP contribution in [0.1, 0.15) is 45.2 Å². The van der Waals surface area contributed by atoms with Gasteiger partial charge >= 0.3 is 5.97 Å². The molecule has 1 fully saturated rings. The van der Waals surface area contributed by atoms with Crippen LogP contribution in [-0.2, 0) is 9.53 Å². The third-order valence-corrected chi connectivity index (χ3v) is 6.91. The number of hydrogen-bond acceptors (Lipinski definition) is 5. The number of hydrogen-bond donors (Lipinski definition) is 2. The van der Waals surface area contributed by atoms with E-state index >= 15 is 0 Å². The summed E-state index contributed by atoms with van der Waals surface area (Å²) in [6.07, 6.45) is 1.66. The second-order valence-electron chi connectivity index (χ2n) is 9.46. The smallest absolute Gasteiger partial charge is 0.337 e. The molecule has 0 bridgehead atoms. The molecule has 0 radical (unpaired) electrons. The molecule has 9 heteroatoms. The molecule has 0 saturated carbocycles.